The number of hydrogen-bond donors (Lipinski definition) is 2. The Balaban J connectivity index is 1.76. The minimum Gasteiger partial charge on any atom is -0.451 e. The second-order valence-electron chi connectivity index (χ2n) is 6.49. The summed E-state index contributed by atoms with van der Waals surface area (Å²) in [6.07, 6.45) is 3.20. The van der Waals surface area contributed by atoms with E-state index in [0.717, 1.165) is 24.6 Å². The molecule has 2 aromatic rings. The van der Waals surface area contributed by atoms with Crippen LogP contribution in [0.3, 0.4) is 0 Å². The molecule has 1 aliphatic rings. The first-order valence-electron chi connectivity index (χ1n) is 7.03. The smallest absolute Gasteiger partial charge is 0.287 e. The van der Waals surface area contributed by atoms with E-state index in [1.165, 1.54) is 0 Å². The first-order chi connectivity index (χ1) is 9.43. The van der Waals surface area contributed by atoms with Crippen molar-refractivity contribution in [2.45, 2.75) is 39.2 Å². The molecular weight excluding hydrogens is 252 g/mol. The number of fused-ring (bicyclic) bond motifs is 1. The normalized spacial score (nSPS) is 21.2. The van der Waals surface area contributed by atoms with Gasteiger partial charge in [0, 0.05) is 17.1 Å². The van der Waals surface area contributed by atoms with E-state index in [1.54, 1.807) is 18.2 Å². The first-order valence-corrected chi connectivity index (χ1v) is 7.03. The summed E-state index contributed by atoms with van der Waals surface area (Å²) < 4.78 is 5.58. The van der Waals surface area contributed by atoms with Gasteiger partial charge in [-0.15, -0.1) is 0 Å². The van der Waals surface area contributed by atoms with Crippen molar-refractivity contribution < 1.29 is 9.21 Å². The van der Waals surface area contributed by atoms with Crippen LogP contribution in [0.25, 0.3) is 11.0 Å². The molecule has 0 saturated heterocycles. The number of furan rings is 1. The van der Waals surface area contributed by atoms with Crippen LogP contribution in [0.15, 0.2) is 28.7 Å². The molecule has 1 amide bonds. The Hall–Kier alpha value is -1.97. The maximum absolute atomic E-state index is 12.2. The van der Waals surface area contributed by atoms with Gasteiger partial charge in [0.25, 0.3) is 5.91 Å². The summed E-state index contributed by atoms with van der Waals surface area (Å²) in [5.74, 6) is 0.220. The lowest BCUT2D eigenvalue weighted by Crippen LogP contribution is -2.33. The summed E-state index contributed by atoms with van der Waals surface area (Å²) in [4.78, 5) is 12.2. The van der Waals surface area contributed by atoms with Crippen molar-refractivity contribution in [3.8, 4) is 0 Å². The number of anilines is 1. The van der Waals surface area contributed by atoms with Crippen molar-refractivity contribution in [3.63, 3.8) is 0 Å². The molecule has 4 nitrogen and oxygen atoms in total. The summed E-state index contributed by atoms with van der Waals surface area (Å²) in [5.41, 5.74) is 7.41. The van der Waals surface area contributed by atoms with E-state index in [1.807, 2.05) is 6.07 Å². The van der Waals surface area contributed by atoms with Crippen LogP contribution in [0.1, 0.15) is 43.7 Å². The summed E-state index contributed by atoms with van der Waals surface area (Å²) in [5, 5.41) is 3.93. The number of amides is 1. The fourth-order valence-corrected chi connectivity index (χ4v) is 2.99. The second-order valence-corrected chi connectivity index (χ2v) is 6.49. The van der Waals surface area contributed by atoms with E-state index in [-0.39, 0.29) is 11.9 Å². The van der Waals surface area contributed by atoms with E-state index < -0.39 is 0 Å². The highest BCUT2D eigenvalue weighted by Crippen LogP contribution is 2.37. The molecule has 1 heterocycles. The Labute approximate surface area is 118 Å². The van der Waals surface area contributed by atoms with Crippen LogP contribution in [0.5, 0.6) is 0 Å². The van der Waals surface area contributed by atoms with Gasteiger partial charge in [0.2, 0.25) is 0 Å². The van der Waals surface area contributed by atoms with Gasteiger partial charge in [0.05, 0.1) is 0 Å². The molecule has 1 aromatic heterocycles. The Bertz CT molecular complexity index is 658. The van der Waals surface area contributed by atoms with E-state index in [2.05, 4.69) is 19.2 Å². The lowest BCUT2D eigenvalue weighted by atomic mass is 9.92. The predicted octanol–water partition coefficient (Wildman–Crippen LogP) is 3.32. The Morgan fingerprint density at radius 3 is 2.90 bits per heavy atom. The minimum atomic E-state index is -0.137. The zero-order chi connectivity index (χ0) is 14.3. The quantitative estimate of drug-likeness (QED) is 0.824. The van der Waals surface area contributed by atoms with Gasteiger partial charge in [-0.3, -0.25) is 4.79 Å². The molecule has 1 unspecified atom stereocenters. The van der Waals surface area contributed by atoms with Crippen molar-refractivity contribution in [2.75, 3.05) is 5.73 Å². The van der Waals surface area contributed by atoms with Crippen LogP contribution in [-0.2, 0) is 0 Å². The lowest BCUT2D eigenvalue weighted by molar-refractivity contribution is 0.0910. The van der Waals surface area contributed by atoms with E-state index in [4.69, 9.17) is 10.2 Å². The Morgan fingerprint density at radius 2 is 2.20 bits per heavy atom. The van der Waals surface area contributed by atoms with Crippen molar-refractivity contribution in [1.29, 1.82) is 0 Å². The van der Waals surface area contributed by atoms with Crippen LogP contribution in [0.4, 0.5) is 5.69 Å². The zero-order valence-corrected chi connectivity index (χ0v) is 11.9. The Kier molecular flexibility index (Phi) is 2.96. The zero-order valence-electron chi connectivity index (χ0n) is 11.9. The molecular formula is C16H20N2O2. The Morgan fingerprint density at radius 1 is 1.40 bits per heavy atom. The number of hydrogen-bond acceptors (Lipinski definition) is 3. The summed E-state index contributed by atoms with van der Waals surface area (Å²) in [7, 11) is 0. The van der Waals surface area contributed by atoms with Crippen molar-refractivity contribution in [1.82, 2.24) is 5.32 Å². The molecule has 1 aromatic carbocycles. The van der Waals surface area contributed by atoms with Crippen molar-refractivity contribution >= 4 is 22.6 Å². The van der Waals surface area contributed by atoms with Gasteiger partial charge in [0.15, 0.2) is 5.76 Å². The fourth-order valence-electron chi connectivity index (χ4n) is 2.99. The van der Waals surface area contributed by atoms with Crippen LogP contribution < -0.4 is 11.1 Å². The molecule has 20 heavy (non-hydrogen) atoms. The summed E-state index contributed by atoms with van der Waals surface area (Å²) in [6, 6.07) is 7.37. The highest BCUT2D eigenvalue weighted by atomic mass is 16.3. The van der Waals surface area contributed by atoms with Gasteiger partial charge in [0.1, 0.15) is 5.58 Å². The molecule has 0 radical (unpaired) electrons. The number of nitrogens with two attached hydrogens (primary N) is 1. The van der Waals surface area contributed by atoms with Gasteiger partial charge < -0.3 is 15.5 Å². The standard InChI is InChI=1S/C16H20N2O2/c1-16(2)6-5-12(9-16)18-15(19)14-8-10-7-11(17)3-4-13(10)20-14/h3-4,7-8,12H,5-6,9,17H2,1-2H3,(H,18,19). The van der Waals surface area contributed by atoms with Crippen molar-refractivity contribution in [2.24, 2.45) is 5.41 Å². The van der Waals surface area contributed by atoms with Gasteiger partial charge >= 0.3 is 0 Å². The van der Waals surface area contributed by atoms with Gasteiger partial charge in [-0.1, -0.05) is 13.8 Å². The molecule has 0 spiro atoms. The van der Waals surface area contributed by atoms with Crippen LogP contribution in [0, 0.1) is 5.41 Å². The largest absolute Gasteiger partial charge is 0.451 e. The lowest BCUT2D eigenvalue weighted by Gasteiger charge is -2.17. The van der Waals surface area contributed by atoms with E-state index in [9.17, 15) is 4.79 Å². The molecule has 1 aliphatic carbocycles. The predicted molar refractivity (Wildman–Crippen MR) is 79.5 cm³/mol. The van der Waals surface area contributed by atoms with Gasteiger partial charge in [-0.05, 0) is 48.9 Å². The highest BCUT2D eigenvalue weighted by Gasteiger charge is 2.32. The summed E-state index contributed by atoms with van der Waals surface area (Å²) >= 11 is 0. The highest BCUT2D eigenvalue weighted by molar-refractivity contribution is 5.96. The number of rotatable bonds is 2. The van der Waals surface area contributed by atoms with Gasteiger partial charge in [-0.25, -0.2) is 0 Å². The fraction of sp³-hybridized carbons (Fsp3) is 0.438. The minimum absolute atomic E-state index is 0.137. The molecule has 106 valence electrons. The average molecular weight is 272 g/mol. The second kappa shape index (κ2) is 4.54. The number of nitrogen functional groups attached to an aromatic ring is 1. The molecule has 0 aliphatic heterocycles. The maximum Gasteiger partial charge on any atom is 0.287 e. The van der Waals surface area contributed by atoms with E-state index in [0.29, 0.717) is 22.4 Å². The van der Waals surface area contributed by atoms with Crippen LogP contribution in [-0.4, -0.2) is 11.9 Å². The number of carbonyl (C=O) groups is 1. The van der Waals surface area contributed by atoms with Crippen molar-refractivity contribution in [3.05, 3.63) is 30.0 Å². The monoisotopic (exact) mass is 272 g/mol. The average Bonchev–Trinajstić information content (AvgIpc) is 2.92. The van der Waals surface area contributed by atoms with Gasteiger partial charge in [-0.2, -0.15) is 0 Å². The molecule has 0 bridgehead atoms. The third-order valence-electron chi connectivity index (χ3n) is 4.07. The maximum atomic E-state index is 12.2. The molecule has 1 fully saturated rings. The molecule has 1 saturated carbocycles. The third-order valence-corrected chi connectivity index (χ3v) is 4.07. The molecule has 4 heteroatoms. The molecule has 3 N–H and O–H groups in total. The SMILES string of the molecule is CC1(C)CCC(NC(=O)c2cc3cc(N)ccc3o2)C1. The summed E-state index contributed by atoms with van der Waals surface area (Å²) in [6.45, 7) is 4.48. The number of nitrogens with one attached hydrogen (secondary N) is 1. The van der Waals surface area contributed by atoms with E-state index >= 15 is 0 Å². The topological polar surface area (TPSA) is 68.3 Å². The molecule has 1 atom stereocenters. The van der Waals surface area contributed by atoms with Crippen LogP contribution >= 0.6 is 0 Å². The molecule has 3 rings (SSSR count). The first kappa shape index (κ1) is 13.0. The number of carbonyl (C=O) groups excluding carboxylic acids is 1. The third kappa shape index (κ3) is 2.50. The van der Waals surface area contributed by atoms with Crippen LogP contribution in [0.2, 0.25) is 0 Å². The number of benzene rings is 1.